The maximum Gasteiger partial charge on any atom is 0.321 e. The van der Waals surface area contributed by atoms with Gasteiger partial charge in [0.2, 0.25) is 11.7 Å². The van der Waals surface area contributed by atoms with Crippen LogP contribution >= 0.6 is 23.2 Å². The van der Waals surface area contributed by atoms with Crippen molar-refractivity contribution in [3.8, 4) is 11.4 Å². The molecule has 1 fully saturated rings. The SMILES string of the molecule is Cc1ccc(NC(=O)N2CCC(c3nc(-c4ccc(Cl)cc4)no3)CC2)cc1Cl. The Hall–Kier alpha value is -2.57. The number of piperidine rings is 1. The van der Waals surface area contributed by atoms with Crippen LogP contribution in [0, 0.1) is 6.92 Å². The highest BCUT2D eigenvalue weighted by molar-refractivity contribution is 6.31. The quantitative estimate of drug-likeness (QED) is 0.572. The molecule has 0 radical (unpaired) electrons. The van der Waals surface area contributed by atoms with Crippen molar-refractivity contribution < 1.29 is 9.32 Å². The second-order valence-electron chi connectivity index (χ2n) is 7.12. The Labute approximate surface area is 178 Å². The van der Waals surface area contributed by atoms with Crippen molar-refractivity contribution in [1.29, 1.82) is 0 Å². The number of halogens is 2. The number of amides is 2. The third kappa shape index (κ3) is 4.54. The summed E-state index contributed by atoms with van der Waals surface area (Å²) in [7, 11) is 0. The molecular formula is C21H20Cl2N4O2. The number of nitrogens with one attached hydrogen (secondary N) is 1. The summed E-state index contributed by atoms with van der Waals surface area (Å²) in [4.78, 5) is 18.9. The molecule has 0 atom stereocenters. The molecule has 1 saturated heterocycles. The first-order valence-electron chi connectivity index (χ1n) is 9.41. The van der Waals surface area contributed by atoms with Crippen molar-refractivity contribution in [2.75, 3.05) is 18.4 Å². The zero-order valence-electron chi connectivity index (χ0n) is 15.9. The van der Waals surface area contributed by atoms with Crippen molar-refractivity contribution in [1.82, 2.24) is 15.0 Å². The number of aromatic nitrogens is 2. The van der Waals surface area contributed by atoms with Crippen LogP contribution in [0.1, 0.15) is 30.2 Å². The number of nitrogens with zero attached hydrogens (tertiary/aromatic N) is 3. The number of likely N-dealkylation sites (tertiary alicyclic amines) is 1. The maximum atomic E-state index is 12.5. The van der Waals surface area contributed by atoms with Crippen molar-refractivity contribution in [3.05, 3.63) is 64.0 Å². The molecule has 1 N–H and O–H groups in total. The molecule has 1 aliphatic heterocycles. The number of urea groups is 1. The molecule has 150 valence electrons. The minimum absolute atomic E-state index is 0.129. The highest BCUT2D eigenvalue weighted by atomic mass is 35.5. The van der Waals surface area contributed by atoms with E-state index in [2.05, 4.69) is 15.5 Å². The van der Waals surface area contributed by atoms with Crippen LogP contribution in [-0.4, -0.2) is 34.2 Å². The van der Waals surface area contributed by atoms with Crippen LogP contribution in [-0.2, 0) is 0 Å². The number of carbonyl (C=O) groups is 1. The minimum atomic E-state index is -0.129. The predicted octanol–water partition coefficient (Wildman–Crippen LogP) is 5.76. The number of benzene rings is 2. The van der Waals surface area contributed by atoms with E-state index in [1.807, 2.05) is 31.2 Å². The highest BCUT2D eigenvalue weighted by Crippen LogP contribution is 2.29. The van der Waals surface area contributed by atoms with Gasteiger partial charge in [-0.15, -0.1) is 0 Å². The summed E-state index contributed by atoms with van der Waals surface area (Å²) in [6, 6.07) is 12.7. The first-order chi connectivity index (χ1) is 14.0. The Kier molecular flexibility index (Phi) is 5.74. The molecule has 4 rings (SSSR count). The number of anilines is 1. The van der Waals surface area contributed by atoms with Crippen LogP contribution < -0.4 is 5.32 Å². The lowest BCUT2D eigenvalue weighted by Crippen LogP contribution is -2.40. The second kappa shape index (κ2) is 8.43. The largest absolute Gasteiger partial charge is 0.339 e. The number of carbonyl (C=O) groups excluding carboxylic acids is 1. The average molecular weight is 431 g/mol. The molecule has 0 aliphatic carbocycles. The van der Waals surface area contributed by atoms with E-state index in [9.17, 15) is 4.79 Å². The molecule has 0 spiro atoms. The van der Waals surface area contributed by atoms with Crippen molar-refractivity contribution >= 4 is 34.9 Å². The van der Waals surface area contributed by atoms with E-state index in [-0.39, 0.29) is 11.9 Å². The first kappa shape index (κ1) is 19.7. The monoisotopic (exact) mass is 430 g/mol. The van der Waals surface area contributed by atoms with Gasteiger partial charge in [0.15, 0.2) is 0 Å². The van der Waals surface area contributed by atoms with Gasteiger partial charge in [-0.3, -0.25) is 0 Å². The van der Waals surface area contributed by atoms with Gasteiger partial charge in [-0.2, -0.15) is 4.98 Å². The standard InChI is InChI=1S/C21H20Cl2N4O2/c1-13-2-7-17(12-18(13)23)24-21(28)27-10-8-15(9-11-27)20-25-19(26-29-20)14-3-5-16(22)6-4-14/h2-7,12,15H,8-11H2,1H3,(H,24,28). The lowest BCUT2D eigenvalue weighted by atomic mass is 9.97. The number of aryl methyl sites for hydroxylation is 1. The predicted molar refractivity (Wildman–Crippen MR) is 113 cm³/mol. The molecular weight excluding hydrogens is 411 g/mol. The Bertz CT molecular complexity index is 1010. The van der Waals surface area contributed by atoms with Crippen molar-refractivity contribution in [3.63, 3.8) is 0 Å². The van der Waals surface area contributed by atoms with Gasteiger partial charge >= 0.3 is 6.03 Å². The summed E-state index contributed by atoms with van der Waals surface area (Å²) in [6.45, 7) is 3.16. The van der Waals surface area contributed by atoms with Gasteiger partial charge in [0.1, 0.15) is 0 Å². The number of hydrogen-bond donors (Lipinski definition) is 1. The Morgan fingerprint density at radius 3 is 2.55 bits per heavy atom. The first-order valence-corrected chi connectivity index (χ1v) is 10.2. The molecule has 29 heavy (non-hydrogen) atoms. The van der Waals surface area contributed by atoms with E-state index in [1.165, 1.54) is 0 Å². The molecule has 0 bridgehead atoms. The van der Waals surface area contributed by atoms with Crippen LogP contribution in [0.2, 0.25) is 10.0 Å². The van der Waals surface area contributed by atoms with Crippen molar-refractivity contribution in [2.45, 2.75) is 25.7 Å². The smallest absolute Gasteiger partial charge is 0.321 e. The molecule has 2 amide bonds. The summed E-state index contributed by atoms with van der Waals surface area (Å²) in [5, 5.41) is 8.28. The van der Waals surface area contributed by atoms with Crippen LogP contribution in [0.25, 0.3) is 11.4 Å². The van der Waals surface area contributed by atoms with E-state index in [4.69, 9.17) is 27.7 Å². The molecule has 6 nitrogen and oxygen atoms in total. The highest BCUT2D eigenvalue weighted by Gasteiger charge is 2.27. The van der Waals surface area contributed by atoms with Gasteiger partial charge in [-0.1, -0.05) is 34.4 Å². The second-order valence-corrected chi connectivity index (χ2v) is 7.96. The summed E-state index contributed by atoms with van der Waals surface area (Å²) >= 11 is 12.1. The fraction of sp³-hybridized carbons (Fsp3) is 0.286. The van der Waals surface area contributed by atoms with E-state index in [0.717, 1.165) is 24.0 Å². The van der Waals surface area contributed by atoms with Crippen LogP contribution in [0.15, 0.2) is 47.0 Å². The normalized spacial score (nSPS) is 14.8. The third-order valence-corrected chi connectivity index (χ3v) is 5.76. The van der Waals surface area contributed by atoms with Gasteiger partial charge in [-0.25, -0.2) is 4.79 Å². The van der Waals surface area contributed by atoms with Crippen LogP contribution in [0.4, 0.5) is 10.5 Å². The van der Waals surface area contributed by atoms with E-state index in [1.54, 1.807) is 23.1 Å². The lowest BCUT2D eigenvalue weighted by Gasteiger charge is -2.30. The molecule has 0 unspecified atom stereocenters. The van der Waals surface area contributed by atoms with Crippen LogP contribution in [0.5, 0.6) is 0 Å². The summed E-state index contributed by atoms with van der Waals surface area (Å²) in [5.41, 5.74) is 2.53. The maximum absolute atomic E-state index is 12.5. The molecule has 2 aromatic carbocycles. The van der Waals surface area contributed by atoms with Gasteiger partial charge in [-0.05, 0) is 61.7 Å². The van der Waals surface area contributed by atoms with Gasteiger partial charge < -0.3 is 14.7 Å². The fourth-order valence-corrected chi connectivity index (χ4v) is 3.63. The Morgan fingerprint density at radius 1 is 1.14 bits per heavy atom. The topological polar surface area (TPSA) is 71.3 Å². The van der Waals surface area contributed by atoms with Gasteiger partial charge in [0.25, 0.3) is 0 Å². The minimum Gasteiger partial charge on any atom is -0.339 e. The van der Waals surface area contributed by atoms with E-state index >= 15 is 0 Å². The molecule has 8 heteroatoms. The van der Waals surface area contributed by atoms with Crippen LogP contribution in [0.3, 0.4) is 0 Å². The summed E-state index contributed by atoms with van der Waals surface area (Å²) in [6.07, 6.45) is 1.54. The third-order valence-electron chi connectivity index (χ3n) is 5.10. The average Bonchev–Trinajstić information content (AvgIpc) is 3.21. The molecule has 0 saturated carbocycles. The number of rotatable bonds is 3. The lowest BCUT2D eigenvalue weighted by molar-refractivity contribution is 0.187. The zero-order chi connectivity index (χ0) is 20.4. The fourth-order valence-electron chi connectivity index (χ4n) is 3.32. The van der Waals surface area contributed by atoms with E-state index < -0.39 is 0 Å². The molecule has 1 aromatic heterocycles. The Morgan fingerprint density at radius 2 is 1.86 bits per heavy atom. The molecule has 2 heterocycles. The van der Waals surface area contributed by atoms with E-state index in [0.29, 0.717) is 40.5 Å². The number of hydrogen-bond acceptors (Lipinski definition) is 4. The Balaban J connectivity index is 1.35. The molecule has 3 aromatic rings. The summed E-state index contributed by atoms with van der Waals surface area (Å²) < 4.78 is 5.48. The van der Waals surface area contributed by atoms with Crippen molar-refractivity contribution in [2.24, 2.45) is 0 Å². The van der Waals surface area contributed by atoms with Gasteiger partial charge in [0, 0.05) is 40.3 Å². The zero-order valence-corrected chi connectivity index (χ0v) is 17.4. The molecule has 1 aliphatic rings. The summed E-state index contributed by atoms with van der Waals surface area (Å²) in [5.74, 6) is 1.30. The van der Waals surface area contributed by atoms with Gasteiger partial charge in [0.05, 0.1) is 0 Å².